The van der Waals surface area contributed by atoms with Crippen molar-refractivity contribution < 1.29 is 22.4 Å². The Balaban J connectivity index is 1.57. The maximum atomic E-state index is 13.8. The molecule has 2 aromatic rings. The molecule has 9 heteroatoms. The average Bonchev–Trinajstić information content (AvgIpc) is 2.67. The molecule has 1 heterocycles. The number of nitrogens with one attached hydrogen (secondary N) is 2. The van der Waals surface area contributed by atoms with E-state index in [-0.39, 0.29) is 23.4 Å². The third kappa shape index (κ3) is 5.54. The van der Waals surface area contributed by atoms with Crippen LogP contribution in [0.1, 0.15) is 33.6 Å². The van der Waals surface area contributed by atoms with Crippen LogP contribution in [0.5, 0.6) is 0 Å². The number of anilines is 1. The number of hydrogen-bond donors (Lipinski definition) is 2. The van der Waals surface area contributed by atoms with Gasteiger partial charge in [-0.25, -0.2) is 12.8 Å². The summed E-state index contributed by atoms with van der Waals surface area (Å²) in [6, 6.07) is 12.0. The SMILES string of the molecule is CS(=O)(=O)Nc1cccc(C(=O)NC2CCN(C(=O)c3ccccc3F)CC2)c1. The van der Waals surface area contributed by atoms with Gasteiger partial charge in [0.2, 0.25) is 10.0 Å². The fourth-order valence-electron chi connectivity index (χ4n) is 3.24. The van der Waals surface area contributed by atoms with Gasteiger partial charge in [0.15, 0.2) is 0 Å². The van der Waals surface area contributed by atoms with E-state index in [9.17, 15) is 22.4 Å². The molecule has 29 heavy (non-hydrogen) atoms. The molecule has 1 aliphatic rings. The summed E-state index contributed by atoms with van der Waals surface area (Å²) in [5.74, 6) is -1.22. The molecular weight excluding hydrogens is 397 g/mol. The van der Waals surface area contributed by atoms with Gasteiger partial charge in [-0.2, -0.15) is 0 Å². The molecule has 2 amide bonds. The molecular formula is C20H22FN3O4S. The van der Waals surface area contributed by atoms with Crippen molar-refractivity contribution in [3.05, 3.63) is 65.5 Å². The summed E-state index contributed by atoms with van der Waals surface area (Å²) in [7, 11) is -3.43. The molecule has 1 aliphatic heterocycles. The number of nitrogens with zero attached hydrogens (tertiary/aromatic N) is 1. The van der Waals surface area contributed by atoms with Crippen molar-refractivity contribution in [3.8, 4) is 0 Å². The molecule has 0 aliphatic carbocycles. The molecule has 0 saturated carbocycles. The molecule has 2 aromatic carbocycles. The zero-order chi connectivity index (χ0) is 21.0. The van der Waals surface area contributed by atoms with Gasteiger partial charge in [-0.05, 0) is 43.2 Å². The van der Waals surface area contributed by atoms with Crippen LogP contribution < -0.4 is 10.0 Å². The number of amides is 2. The maximum Gasteiger partial charge on any atom is 0.256 e. The van der Waals surface area contributed by atoms with Crippen LogP contribution in [0.25, 0.3) is 0 Å². The number of hydrogen-bond acceptors (Lipinski definition) is 4. The number of likely N-dealkylation sites (tertiary alicyclic amines) is 1. The van der Waals surface area contributed by atoms with Crippen LogP contribution in [-0.4, -0.2) is 50.5 Å². The Kier molecular flexibility index (Phi) is 6.17. The minimum atomic E-state index is -3.43. The van der Waals surface area contributed by atoms with Gasteiger partial charge in [0.1, 0.15) is 5.82 Å². The molecule has 1 saturated heterocycles. The Morgan fingerprint density at radius 1 is 1.07 bits per heavy atom. The lowest BCUT2D eigenvalue weighted by molar-refractivity contribution is 0.0693. The van der Waals surface area contributed by atoms with Gasteiger partial charge in [0.25, 0.3) is 11.8 Å². The molecule has 2 N–H and O–H groups in total. The number of benzene rings is 2. The van der Waals surface area contributed by atoms with Gasteiger partial charge in [-0.15, -0.1) is 0 Å². The third-order valence-corrected chi connectivity index (χ3v) is 5.26. The van der Waals surface area contributed by atoms with Gasteiger partial charge < -0.3 is 10.2 Å². The van der Waals surface area contributed by atoms with Crippen LogP contribution in [0.4, 0.5) is 10.1 Å². The number of carbonyl (C=O) groups excluding carboxylic acids is 2. The highest BCUT2D eigenvalue weighted by molar-refractivity contribution is 7.92. The van der Waals surface area contributed by atoms with E-state index in [0.717, 1.165) is 6.26 Å². The first-order valence-electron chi connectivity index (χ1n) is 9.15. The van der Waals surface area contributed by atoms with Gasteiger partial charge in [-0.1, -0.05) is 18.2 Å². The highest BCUT2D eigenvalue weighted by atomic mass is 32.2. The number of rotatable bonds is 5. The first kappa shape index (κ1) is 20.8. The lowest BCUT2D eigenvalue weighted by Gasteiger charge is -2.32. The fraction of sp³-hybridized carbons (Fsp3) is 0.300. The maximum absolute atomic E-state index is 13.8. The third-order valence-electron chi connectivity index (χ3n) is 4.65. The standard InChI is InChI=1S/C20H22FN3O4S/c1-29(27,28)23-16-6-4-5-14(13-16)19(25)22-15-9-11-24(12-10-15)20(26)17-7-2-3-8-18(17)21/h2-8,13,15,23H,9-12H2,1H3,(H,22,25). The summed E-state index contributed by atoms with van der Waals surface area (Å²) < 4.78 is 38.8. The van der Waals surface area contributed by atoms with Crippen molar-refractivity contribution in [2.75, 3.05) is 24.1 Å². The zero-order valence-electron chi connectivity index (χ0n) is 15.9. The van der Waals surface area contributed by atoms with Crippen LogP contribution >= 0.6 is 0 Å². The Morgan fingerprint density at radius 3 is 2.41 bits per heavy atom. The van der Waals surface area contributed by atoms with E-state index >= 15 is 0 Å². The van der Waals surface area contributed by atoms with Gasteiger partial charge >= 0.3 is 0 Å². The predicted molar refractivity (Wildman–Crippen MR) is 108 cm³/mol. The van der Waals surface area contributed by atoms with Crippen LogP contribution in [0.3, 0.4) is 0 Å². The molecule has 3 rings (SSSR count). The van der Waals surface area contributed by atoms with E-state index in [1.807, 2.05) is 0 Å². The van der Waals surface area contributed by atoms with Crippen molar-refractivity contribution in [1.29, 1.82) is 0 Å². The van der Waals surface area contributed by atoms with Crippen LogP contribution in [-0.2, 0) is 10.0 Å². The molecule has 0 atom stereocenters. The molecule has 0 radical (unpaired) electrons. The van der Waals surface area contributed by atoms with Crippen molar-refractivity contribution in [2.45, 2.75) is 18.9 Å². The quantitative estimate of drug-likeness (QED) is 0.777. The van der Waals surface area contributed by atoms with Crippen LogP contribution in [0, 0.1) is 5.82 Å². The highest BCUT2D eigenvalue weighted by Gasteiger charge is 2.26. The fourth-order valence-corrected chi connectivity index (χ4v) is 3.79. The molecule has 7 nitrogen and oxygen atoms in total. The number of halogens is 1. The van der Waals surface area contributed by atoms with Crippen molar-refractivity contribution in [3.63, 3.8) is 0 Å². The minimum absolute atomic E-state index is 0.0465. The number of carbonyl (C=O) groups is 2. The summed E-state index contributed by atoms with van der Waals surface area (Å²) >= 11 is 0. The van der Waals surface area contributed by atoms with Crippen molar-refractivity contribution in [1.82, 2.24) is 10.2 Å². The van der Waals surface area contributed by atoms with E-state index in [4.69, 9.17) is 0 Å². The first-order valence-corrected chi connectivity index (χ1v) is 11.0. The van der Waals surface area contributed by atoms with Gasteiger partial charge in [0, 0.05) is 30.4 Å². The van der Waals surface area contributed by atoms with E-state index in [1.165, 1.54) is 24.3 Å². The van der Waals surface area contributed by atoms with Gasteiger partial charge in [0.05, 0.1) is 11.8 Å². The lowest BCUT2D eigenvalue weighted by atomic mass is 10.0. The zero-order valence-corrected chi connectivity index (χ0v) is 16.7. The Hall–Kier alpha value is -2.94. The lowest BCUT2D eigenvalue weighted by Crippen LogP contribution is -2.46. The van der Waals surface area contributed by atoms with Crippen molar-refractivity contribution >= 4 is 27.5 Å². The molecule has 0 aromatic heterocycles. The van der Waals surface area contributed by atoms with Crippen LogP contribution in [0.15, 0.2) is 48.5 Å². The summed E-state index contributed by atoms with van der Waals surface area (Å²) in [6.45, 7) is 0.821. The Bertz CT molecular complexity index is 1020. The molecule has 0 bridgehead atoms. The topological polar surface area (TPSA) is 95.6 Å². The monoisotopic (exact) mass is 419 g/mol. The average molecular weight is 419 g/mol. The van der Waals surface area contributed by atoms with E-state index < -0.39 is 15.8 Å². The first-order chi connectivity index (χ1) is 13.7. The second-order valence-electron chi connectivity index (χ2n) is 6.97. The highest BCUT2D eigenvalue weighted by Crippen LogP contribution is 2.17. The van der Waals surface area contributed by atoms with Crippen molar-refractivity contribution in [2.24, 2.45) is 0 Å². The summed E-state index contributed by atoms with van der Waals surface area (Å²) in [5.41, 5.74) is 0.694. The van der Waals surface area contributed by atoms with E-state index in [0.29, 0.717) is 37.2 Å². The largest absolute Gasteiger partial charge is 0.349 e. The van der Waals surface area contributed by atoms with E-state index in [1.54, 1.807) is 29.2 Å². The molecule has 0 unspecified atom stereocenters. The summed E-state index contributed by atoms with van der Waals surface area (Å²) in [6.07, 6.45) is 2.14. The Labute approximate surface area is 169 Å². The molecule has 1 fully saturated rings. The number of sulfonamides is 1. The van der Waals surface area contributed by atoms with Crippen LogP contribution in [0.2, 0.25) is 0 Å². The van der Waals surface area contributed by atoms with Gasteiger partial charge in [-0.3, -0.25) is 14.3 Å². The normalized spacial score (nSPS) is 15.0. The second kappa shape index (κ2) is 8.60. The number of piperidine rings is 1. The smallest absolute Gasteiger partial charge is 0.256 e. The molecule has 154 valence electrons. The summed E-state index contributed by atoms with van der Waals surface area (Å²) in [4.78, 5) is 26.5. The summed E-state index contributed by atoms with van der Waals surface area (Å²) in [5, 5.41) is 2.91. The van der Waals surface area contributed by atoms with E-state index in [2.05, 4.69) is 10.0 Å². The predicted octanol–water partition coefficient (Wildman–Crippen LogP) is 2.23. The Morgan fingerprint density at radius 2 is 1.76 bits per heavy atom. The molecule has 0 spiro atoms. The second-order valence-corrected chi connectivity index (χ2v) is 8.72. The minimum Gasteiger partial charge on any atom is -0.349 e.